The zero-order valence-corrected chi connectivity index (χ0v) is 14.2. The van der Waals surface area contributed by atoms with E-state index in [-0.39, 0.29) is 17.1 Å². The van der Waals surface area contributed by atoms with Crippen molar-refractivity contribution in [2.45, 2.75) is 19.1 Å². The smallest absolute Gasteiger partial charge is 0.322 e. The van der Waals surface area contributed by atoms with Crippen molar-refractivity contribution in [2.75, 3.05) is 5.32 Å². The average Bonchev–Trinajstić information content (AvgIpc) is 3.13. The average molecular weight is 397 g/mol. The molecule has 1 aromatic heterocycles. The predicted octanol–water partition coefficient (Wildman–Crippen LogP) is 3.84. The first-order valence-electron chi connectivity index (χ1n) is 7.88. The molecule has 3 rings (SSSR count). The van der Waals surface area contributed by atoms with Crippen molar-refractivity contribution in [1.29, 1.82) is 0 Å². The van der Waals surface area contributed by atoms with E-state index in [1.165, 1.54) is 19.1 Å². The molecule has 0 aliphatic rings. The Morgan fingerprint density at radius 1 is 1.14 bits per heavy atom. The number of amides is 1. The van der Waals surface area contributed by atoms with Crippen LogP contribution in [-0.4, -0.2) is 26.1 Å². The molecule has 1 atom stereocenters. The maximum absolute atomic E-state index is 13.6. The first-order valence-corrected chi connectivity index (χ1v) is 7.88. The number of hydrogen-bond acceptors (Lipinski definition) is 4. The van der Waals surface area contributed by atoms with Crippen LogP contribution in [0, 0.1) is 11.6 Å². The maximum atomic E-state index is 13.6. The number of carbonyl (C=O) groups is 1. The zero-order valence-electron chi connectivity index (χ0n) is 14.2. The summed E-state index contributed by atoms with van der Waals surface area (Å²) < 4.78 is 65.3. The van der Waals surface area contributed by atoms with Gasteiger partial charge in [-0.05, 0) is 36.4 Å². The SMILES string of the molecule is CC(C(=O)Nc1cc(F)ccc1F)n1nnc(-c2cccc(C(F)(F)F)c2)n1. The number of nitrogens with one attached hydrogen (secondary N) is 1. The molecule has 0 aliphatic heterocycles. The molecule has 1 amide bonds. The third-order valence-electron chi connectivity index (χ3n) is 3.79. The van der Waals surface area contributed by atoms with Crippen molar-refractivity contribution in [3.8, 4) is 11.4 Å². The van der Waals surface area contributed by atoms with Gasteiger partial charge >= 0.3 is 6.18 Å². The van der Waals surface area contributed by atoms with Crippen LogP contribution < -0.4 is 5.32 Å². The number of halogens is 5. The Morgan fingerprint density at radius 3 is 2.61 bits per heavy atom. The van der Waals surface area contributed by atoms with Crippen LogP contribution in [-0.2, 0) is 11.0 Å². The lowest BCUT2D eigenvalue weighted by Gasteiger charge is -2.11. The zero-order chi connectivity index (χ0) is 20.5. The fourth-order valence-corrected chi connectivity index (χ4v) is 2.27. The Morgan fingerprint density at radius 2 is 1.89 bits per heavy atom. The van der Waals surface area contributed by atoms with Gasteiger partial charge in [-0.3, -0.25) is 4.79 Å². The lowest BCUT2D eigenvalue weighted by molar-refractivity contribution is -0.137. The number of alkyl halides is 3. The molecule has 146 valence electrons. The van der Waals surface area contributed by atoms with Crippen LogP contribution in [0.3, 0.4) is 0 Å². The third kappa shape index (κ3) is 4.13. The second-order valence-electron chi connectivity index (χ2n) is 5.80. The largest absolute Gasteiger partial charge is 0.416 e. The van der Waals surface area contributed by atoms with Crippen molar-refractivity contribution in [2.24, 2.45) is 0 Å². The molecular formula is C17H12F5N5O. The van der Waals surface area contributed by atoms with Gasteiger partial charge in [0.25, 0.3) is 5.91 Å². The van der Waals surface area contributed by atoms with E-state index in [0.29, 0.717) is 0 Å². The van der Waals surface area contributed by atoms with Gasteiger partial charge < -0.3 is 5.32 Å². The molecule has 0 saturated heterocycles. The molecule has 1 unspecified atom stereocenters. The topological polar surface area (TPSA) is 72.7 Å². The quantitative estimate of drug-likeness (QED) is 0.679. The fourth-order valence-electron chi connectivity index (χ4n) is 2.27. The van der Waals surface area contributed by atoms with Crippen molar-refractivity contribution >= 4 is 11.6 Å². The Labute approximate surface area is 155 Å². The van der Waals surface area contributed by atoms with Crippen LogP contribution in [0.1, 0.15) is 18.5 Å². The molecule has 3 aromatic rings. The highest BCUT2D eigenvalue weighted by Gasteiger charge is 2.31. The summed E-state index contributed by atoms with van der Waals surface area (Å²) >= 11 is 0. The van der Waals surface area contributed by atoms with Gasteiger partial charge in [-0.1, -0.05) is 12.1 Å². The van der Waals surface area contributed by atoms with E-state index in [9.17, 15) is 26.7 Å². The van der Waals surface area contributed by atoms with E-state index >= 15 is 0 Å². The lowest BCUT2D eigenvalue weighted by Crippen LogP contribution is -2.26. The highest BCUT2D eigenvalue weighted by atomic mass is 19.4. The number of carbonyl (C=O) groups excluding carboxylic acids is 1. The number of aromatic nitrogens is 4. The number of hydrogen-bond donors (Lipinski definition) is 1. The fraction of sp³-hybridized carbons (Fsp3) is 0.176. The van der Waals surface area contributed by atoms with E-state index in [2.05, 4.69) is 20.7 Å². The highest BCUT2D eigenvalue weighted by molar-refractivity contribution is 5.93. The second-order valence-corrected chi connectivity index (χ2v) is 5.80. The Balaban J connectivity index is 1.79. The molecule has 1 heterocycles. The first kappa shape index (κ1) is 19.4. The van der Waals surface area contributed by atoms with E-state index in [1.807, 2.05) is 0 Å². The van der Waals surface area contributed by atoms with Gasteiger partial charge in [0.15, 0.2) is 0 Å². The summed E-state index contributed by atoms with van der Waals surface area (Å²) in [4.78, 5) is 13.1. The minimum atomic E-state index is -4.53. The Hall–Kier alpha value is -3.37. The summed E-state index contributed by atoms with van der Waals surface area (Å²) in [6.07, 6.45) is -4.53. The standard InChI is InChI=1S/C17H12F5N5O/c1-9(16(28)23-14-8-12(18)5-6-13(14)19)27-25-15(24-26-27)10-3-2-4-11(7-10)17(20,21)22/h2-9H,1H3,(H,23,28). The minimum absolute atomic E-state index is 0.0601. The van der Waals surface area contributed by atoms with Crippen LogP contribution in [0.25, 0.3) is 11.4 Å². The molecule has 11 heteroatoms. The summed E-state index contributed by atoms with van der Waals surface area (Å²) in [6, 6.07) is 5.79. The molecule has 6 nitrogen and oxygen atoms in total. The highest BCUT2D eigenvalue weighted by Crippen LogP contribution is 2.31. The number of nitrogens with zero attached hydrogens (tertiary/aromatic N) is 4. The van der Waals surface area contributed by atoms with Crippen LogP contribution in [0.15, 0.2) is 42.5 Å². The van der Waals surface area contributed by atoms with Crippen molar-refractivity contribution in [3.05, 3.63) is 59.7 Å². The van der Waals surface area contributed by atoms with E-state index < -0.39 is 35.3 Å². The Kier molecular flexibility index (Phi) is 5.08. The Bertz CT molecular complexity index is 1020. The van der Waals surface area contributed by atoms with Crippen molar-refractivity contribution in [3.63, 3.8) is 0 Å². The molecule has 28 heavy (non-hydrogen) atoms. The normalized spacial score (nSPS) is 12.6. The van der Waals surface area contributed by atoms with Crippen LogP contribution in [0.2, 0.25) is 0 Å². The lowest BCUT2D eigenvalue weighted by atomic mass is 10.1. The predicted molar refractivity (Wildman–Crippen MR) is 88.0 cm³/mol. The number of tetrazole rings is 1. The van der Waals surface area contributed by atoms with Gasteiger partial charge in [-0.2, -0.15) is 18.0 Å². The maximum Gasteiger partial charge on any atom is 0.416 e. The summed E-state index contributed by atoms with van der Waals surface area (Å²) in [5.74, 6) is -2.46. The third-order valence-corrected chi connectivity index (χ3v) is 3.79. The van der Waals surface area contributed by atoms with Gasteiger partial charge in [0.2, 0.25) is 5.82 Å². The molecule has 0 aliphatic carbocycles. The number of anilines is 1. The van der Waals surface area contributed by atoms with Gasteiger partial charge in [0, 0.05) is 11.6 Å². The molecule has 0 saturated carbocycles. The van der Waals surface area contributed by atoms with Gasteiger partial charge in [-0.25, -0.2) is 8.78 Å². The molecular weight excluding hydrogens is 385 g/mol. The summed E-state index contributed by atoms with van der Waals surface area (Å²) in [5, 5.41) is 13.4. The van der Waals surface area contributed by atoms with Gasteiger partial charge in [0.05, 0.1) is 11.3 Å². The van der Waals surface area contributed by atoms with Gasteiger partial charge in [0.1, 0.15) is 17.7 Å². The van der Waals surface area contributed by atoms with Gasteiger partial charge in [-0.15, -0.1) is 10.2 Å². The summed E-state index contributed by atoms with van der Waals surface area (Å²) in [5.41, 5.74) is -1.19. The first-order chi connectivity index (χ1) is 13.1. The number of rotatable bonds is 4. The summed E-state index contributed by atoms with van der Waals surface area (Å²) in [7, 11) is 0. The van der Waals surface area contributed by atoms with Crippen LogP contribution >= 0.6 is 0 Å². The van der Waals surface area contributed by atoms with E-state index in [0.717, 1.165) is 35.1 Å². The molecule has 0 spiro atoms. The van der Waals surface area contributed by atoms with E-state index in [1.54, 1.807) is 0 Å². The molecule has 2 aromatic carbocycles. The van der Waals surface area contributed by atoms with Crippen LogP contribution in [0.5, 0.6) is 0 Å². The van der Waals surface area contributed by atoms with E-state index in [4.69, 9.17) is 0 Å². The molecule has 1 N–H and O–H groups in total. The summed E-state index contributed by atoms with van der Waals surface area (Å²) in [6.45, 7) is 1.37. The molecule has 0 radical (unpaired) electrons. The minimum Gasteiger partial charge on any atom is -0.322 e. The van der Waals surface area contributed by atoms with Crippen LogP contribution in [0.4, 0.5) is 27.6 Å². The van der Waals surface area contributed by atoms with Crippen molar-refractivity contribution in [1.82, 2.24) is 20.2 Å². The number of benzene rings is 2. The molecule has 0 fully saturated rings. The monoisotopic (exact) mass is 397 g/mol. The second kappa shape index (κ2) is 7.33. The molecule has 0 bridgehead atoms. The van der Waals surface area contributed by atoms with Crippen molar-refractivity contribution < 1.29 is 26.7 Å².